The standard InChI is InChI=1S/C39H50N2O4/c1-7-21-42-32-17-19-34(38(27-32)44-23-9-3)36-25-30(29-13-15-31(16-14-29)41(11-5)12-6)26-37(40-36)35-20-18-33(43-22-8-2)28-39(35)45-24-10-4/h13-20,25-28H,7-12,21-24H2,1-6H3. The molecule has 1 aromatic heterocycles. The third-order valence-corrected chi connectivity index (χ3v) is 7.48. The van der Waals surface area contributed by atoms with Gasteiger partial charge in [-0.15, -0.1) is 0 Å². The Hall–Kier alpha value is -4.19. The van der Waals surface area contributed by atoms with Gasteiger partial charge in [0.1, 0.15) is 23.0 Å². The fraction of sp³-hybridized carbons (Fsp3) is 0.410. The van der Waals surface area contributed by atoms with Crippen molar-refractivity contribution in [1.82, 2.24) is 4.98 Å². The van der Waals surface area contributed by atoms with E-state index < -0.39 is 0 Å². The average molecular weight is 611 g/mol. The van der Waals surface area contributed by atoms with Gasteiger partial charge in [0.2, 0.25) is 0 Å². The van der Waals surface area contributed by atoms with E-state index in [-0.39, 0.29) is 0 Å². The minimum Gasteiger partial charge on any atom is -0.493 e. The molecule has 0 atom stereocenters. The number of aromatic nitrogens is 1. The highest BCUT2D eigenvalue weighted by molar-refractivity contribution is 5.81. The molecule has 240 valence electrons. The van der Waals surface area contributed by atoms with Gasteiger partial charge < -0.3 is 23.8 Å². The quantitative estimate of drug-likeness (QED) is 0.112. The zero-order valence-corrected chi connectivity index (χ0v) is 28.0. The highest BCUT2D eigenvalue weighted by Gasteiger charge is 2.17. The highest BCUT2D eigenvalue weighted by Crippen LogP contribution is 2.40. The largest absolute Gasteiger partial charge is 0.493 e. The van der Waals surface area contributed by atoms with Gasteiger partial charge in [-0.2, -0.15) is 0 Å². The molecule has 0 aliphatic carbocycles. The van der Waals surface area contributed by atoms with Crippen LogP contribution in [0.25, 0.3) is 33.6 Å². The van der Waals surface area contributed by atoms with Crippen LogP contribution < -0.4 is 23.8 Å². The molecule has 4 aromatic rings. The molecule has 0 aliphatic heterocycles. The number of anilines is 1. The molecule has 4 rings (SSSR count). The molecule has 0 aliphatic rings. The van der Waals surface area contributed by atoms with Crippen molar-refractivity contribution in [3.63, 3.8) is 0 Å². The Morgan fingerprint density at radius 2 is 0.933 bits per heavy atom. The van der Waals surface area contributed by atoms with Gasteiger partial charge in [-0.25, -0.2) is 4.98 Å². The lowest BCUT2D eigenvalue weighted by atomic mass is 9.98. The molecule has 0 unspecified atom stereocenters. The summed E-state index contributed by atoms with van der Waals surface area (Å²) in [7, 11) is 0. The SMILES string of the molecule is CCCOc1ccc(-c2cc(-c3ccc(N(CC)CC)cc3)cc(-c3ccc(OCCC)cc3OCCC)n2)c(OCCC)c1. The molecule has 3 aromatic carbocycles. The van der Waals surface area contributed by atoms with Crippen molar-refractivity contribution in [2.45, 2.75) is 67.2 Å². The molecular weight excluding hydrogens is 560 g/mol. The Bertz CT molecular complexity index is 1400. The number of nitrogens with zero attached hydrogens (tertiary/aromatic N) is 2. The average Bonchev–Trinajstić information content (AvgIpc) is 3.08. The van der Waals surface area contributed by atoms with Crippen LogP contribution in [0.5, 0.6) is 23.0 Å². The van der Waals surface area contributed by atoms with Gasteiger partial charge >= 0.3 is 0 Å². The predicted molar refractivity (Wildman–Crippen MR) is 187 cm³/mol. The molecule has 0 spiro atoms. The topological polar surface area (TPSA) is 53.1 Å². The Balaban J connectivity index is 1.89. The Morgan fingerprint density at radius 1 is 0.489 bits per heavy atom. The van der Waals surface area contributed by atoms with Gasteiger partial charge in [-0.3, -0.25) is 0 Å². The first kappa shape index (κ1) is 33.7. The van der Waals surface area contributed by atoms with Crippen molar-refractivity contribution in [3.05, 3.63) is 72.8 Å². The van der Waals surface area contributed by atoms with Gasteiger partial charge in [-0.1, -0.05) is 39.8 Å². The van der Waals surface area contributed by atoms with Crippen molar-refractivity contribution in [3.8, 4) is 56.6 Å². The summed E-state index contributed by atoms with van der Waals surface area (Å²) in [5.74, 6) is 3.13. The van der Waals surface area contributed by atoms with Crippen LogP contribution in [-0.2, 0) is 0 Å². The fourth-order valence-corrected chi connectivity index (χ4v) is 5.14. The number of hydrogen-bond donors (Lipinski definition) is 0. The summed E-state index contributed by atoms with van der Waals surface area (Å²) >= 11 is 0. The Morgan fingerprint density at radius 3 is 1.36 bits per heavy atom. The van der Waals surface area contributed by atoms with E-state index in [1.54, 1.807) is 0 Å². The fourth-order valence-electron chi connectivity index (χ4n) is 5.14. The summed E-state index contributed by atoms with van der Waals surface area (Å²) in [4.78, 5) is 7.60. The molecule has 0 amide bonds. The smallest absolute Gasteiger partial charge is 0.132 e. The Labute approximate surface area is 270 Å². The van der Waals surface area contributed by atoms with Gasteiger partial charge in [0.05, 0.1) is 37.8 Å². The van der Waals surface area contributed by atoms with Crippen LogP contribution in [0.2, 0.25) is 0 Å². The number of ether oxygens (including phenoxy) is 4. The van der Waals surface area contributed by atoms with Crippen LogP contribution in [-0.4, -0.2) is 44.5 Å². The van der Waals surface area contributed by atoms with Crippen LogP contribution in [0, 0.1) is 0 Å². The van der Waals surface area contributed by atoms with E-state index in [0.29, 0.717) is 26.4 Å². The number of pyridine rings is 1. The van der Waals surface area contributed by atoms with Gasteiger partial charge in [0.15, 0.2) is 0 Å². The van der Waals surface area contributed by atoms with E-state index in [1.807, 2.05) is 24.3 Å². The number of benzene rings is 3. The predicted octanol–water partition coefficient (Wildman–Crippen LogP) is 10.1. The minimum absolute atomic E-state index is 0.609. The van der Waals surface area contributed by atoms with Crippen LogP contribution in [0.3, 0.4) is 0 Å². The second-order valence-electron chi connectivity index (χ2n) is 11.1. The molecule has 0 saturated carbocycles. The maximum Gasteiger partial charge on any atom is 0.132 e. The number of rotatable bonds is 18. The van der Waals surface area contributed by atoms with E-state index in [2.05, 4.69) is 95.0 Å². The summed E-state index contributed by atoms with van der Waals surface area (Å²) in [6.45, 7) is 17.3. The van der Waals surface area contributed by atoms with Crippen molar-refractivity contribution >= 4 is 5.69 Å². The molecule has 0 saturated heterocycles. The van der Waals surface area contributed by atoms with E-state index in [1.165, 1.54) is 5.69 Å². The lowest BCUT2D eigenvalue weighted by Crippen LogP contribution is -2.21. The maximum atomic E-state index is 6.28. The molecule has 6 nitrogen and oxygen atoms in total. The van der Waals surface area contributed by atoms with Gasteiger partial charge in [0.25, 0.3) is 0 Å². The van der Waals surface area contributed by atoms with Gasteiger partial charge in [-0.05, 0) is 99.2 Å². The monoisotopic (exact) mass is 610 g/mol. The second-order valence-corrected chi connectivity index (χ2v) is 11.1. The summed E-state index contributed by atoms with van der Waals surface area (Å²) < 4.78 is 24.5. The van der Waals surface area contributed by atoms with Crippen molar-refractivity contribution in [2.24, 2.45) is 0 Å². The van der Waals surface area contributed by atoms with Crippen LogP contribution >= 0.6 is 0 Å². The summed E-state index contributed by atoms with van der Waals surface area (Å²) in [6.07, 6.45) is 3.69. The first-order chi connectivity index (χ1) is 22.0. The summed E-state index contributed by atoms with van der Waals surface area (Å²) in [5.41, 5.74) is 6.92. The summed E-state index contributed by atoms with van der Waals surface area (Å²) in [5, 5.41) is 0. The molecule has 0 N–H and O–H groups in total. The molecule has 6 heteroatoms. The van der Waals surface area contributed by atoms with Crippen molar-refractivity contribution in [2.75, 3.05) is 44.4 Å². The third-order valence-electron chi connectivity index (χ3n) is 7.48. The van der Waals surface area contributed by atoms with Gasteiger partial charge in [0, 0.05) is 42.0 Å². The van der Waals surface area contributed by atoms with E-state index in [9.17, 15) is 0 Å². The van der Waals surface area contributed by atoms with Crippen molar-refractivity contribution in [1.29, 1.82) is 0 Å². The van der Waals surface area contributed by atoms with E-state index in [0.717, 1.165) is 95.4 Å². The first-order valence-corrected chi connectivity index (χ1v) is 16.7. The van der Waals surface area contributed by atoms with Crippen LogP contribution in [0.15, 0.2) is 72.8 Å². The lowest BCUT2D eigenvalue weighted by molar-refractivity contribution is 0.302. The molecule has 1 heterocycles. The number of hydrogen-bond acceptors (Lipinski definition) is 6. The zero-order chi connectivity index (χ0) is 32.0. The molecule has 45 heavy (non-hydrogen) atoms. The molecule has 0 radical (unpaired) electrons. The van der Waals surface area contributed by atoms with E-state index in [4.69, 9.17) is 23.9 Å². The normalized spacial score (nSPS) is 10.9. The molecule has 0 bridgehead atoms. The van der Waals surface area contributed by atoms with E-state index >= 15 is 0 Å². The highest BCUT2D eigenvalue weighted by atomic mass is 16.5. The minimum atomic E-state index is 0.609. The third kappa shape index (κ3) is 8.93. The first-order valence-electron chi connectivity index (χ1n) is 16.7. The summed E-state index contributed by atoms with van der Waals surface area (Å²) in [6, 6.07) is 25.2. The molecular formula is C39H50N2O4. The van der Waals surface area contributed by atoms with Crippen molar-refractivity contribution < 1.29 is 18.9 Å². The molecule has 0 fully saturated rings. The lowest BCUT2D eigenvalue weighted by Gasteiger charge is -2.21. The van der Waals surface area contributed by atoms with Crippen LogP contribution in [0.1, 0.15) is 67.2 Å². The maximum absolute atomic E-state index is 6.28. The second kappa shape index (κ2) is 17.3. The Kier molecular flexibility index (Phi) is 13.0. The van der Waals surface area contributed by atoms with Crippen LogP contribution in [0.4, 0.5) is 5.69 Å². The zero-order valence-electron chi connectivity index (χ0n) is 28.0.